The van der Waals surface area contributed by atoms with Crippen LogP contribution in [-0.2, 0) is 0 Å². The van der Waals surface area contributed by atoms with Gasteiger partial charge in [0.05, 0.1) is 7.11 Å². The molecule has 0 aromatic heterocycles. The Morgan fingerprint density at radius 3 is 2.43 bits per heavy atom. The first-order chi connectivity index (χ1) is 13.4. The molecule has 1 saturated heterocycles. The van der Waals surface area contributed by atoms with E-state index >= 15 is 0 Å². The number of ether oxygens (including phenoxy) is 1. The summed E-state index contributed by atoms with van der Waals surface area (Å²) in [6.45, 7) is 2.01. The van der Waals surface area contributed by atoms with Crippen LogP contribution in [-0.4, -0.2) is 74.2 Å². The summed E-state index contributed by atoms with van der Waals surface area (Å²) in [4.78, 5) is 29.2. The van der Waals surface area contributed by atoms with Gasteiger partial charge in [-0.1, -0.05) is 6.07 Å². The largest absolute Gasteiger partial charge is 0.497 e. The minimum Gasteiger partial charge on any atom is -0.497 e. The first-order valence-corrected chi connectivity index (χ1v) is 9.12. The summed E-state index contributed by atoms with van der Waals surface area (Å²) in [5.41, 5.74) is 1.52. The molecular formula is C21H25N3O4. The molecule has 7 nitrogen and oxygen atoms in total. The van der Waals surface area contributed by atoms with Crippen molar-refractivity contribution in [2.24, 2.45) is 0 Å². The predicted molar refractivity (Wildman–Crippen MR) is 109 cm³/mol. The van der Waals surface area contributed by atoms with Gasteiger partial charge in [-0.2, -0.15) is 0 Å². The van der Waals surface area contributed by atoms with E-state index in [0.717, 1.165) is 22.2 Å². The molecule has 28 heavy (non-hydrogen) atoms. The molecule has 0 radical (unpaired) electrons. The fourth-order valence-electron chi connectivity index (χ4n) is 3.30. The van der Waals surface area contributed by atoms with Crippen molar-refractivity contribution >= 4 is 28.3 Å². The van der Waals surface area contributed by atoms with Gasteiger partial charge >= 0.3 is 6.09 Å². The molecule has 148 valence electrons. The molecule has 1 heterocycles. The van der Waals surface area contributed by atoms with E-state index in [0.29, 0.717) is 31.7 Å². The molecule has 1 aliphatic heterocycles. The van der Waals surface area contributed by atoms with Gasteiger partial charge in [0.2, 0.25) is 0 Å². The standard InChI is InChI=1S/C21H25N3O4/c1-22(2)7-6-20(25)16-12-15-4-5-17(28-3)14-18(15)19(13-16)23-8-10-24(11-9-23)21(26)27/h4-7,12-14H,8-11H2,1-3H3,(H,26,27). The molecule has 2 aromatic rings. The topological polar surface area (TPSA) is 73.3 Å². The lowest BCUT2D eigenvalue weighted by atomic mass is 10.0. The number of rotatable bonds is 5. The van der Waals surface area contributed by atoms with Gasteiger partial charge in [-0.05, 0) is 29.7 Å². The molecule has 1 amide bonds. The number of hydrogen-bond donors (Lipinski definition) is 1. The molecule has 1 N–H and O–H groups in total. The summed E-state index contributed by atoms with van der Waals surface area (Å²) in [5, 5.41) is 11.1. The number of nitrogens with zero attached hydrogens (tertiary/aromatic N) is 3. The van der Waals surface area contributed by atoms with Crippen molar-refractivity contribution in [3.05, 3.63) is 48.2 Å². The maximum Gasteiger partial charge on any atom is 0.407 e. The molecule has 7 heteroatoms. The summed E-state index contributed by atoms with van der Waals surface area (Å²) < 4.78 is 5.37. The van der Waals surface area contributed by atoms with Crippen molar-refractivity contribution in [1.29, 1.82) is 0 Å². The van der Waals surface area contributed by atoms with Crippen LogP contribution in [0.1, 0.15) is 10.4 Å². The minimum atomic E-state index is -0.899. The van der Waals surface area contributed by atoms with E-state index in [-0.39, 0.29) is 5.78 Å². The quantitative estimate of drug-likeness (QED) is 0.632. The predicted octanol–water partition coefficient (Wildman–Crippen LogP) is 2.91. The second-order valence-electron chi connectivity index (χ2n) is 6.98. The van der Waals surface area contributed by atoms with Crippen molar-refractivity contribution in [1.82, 2.24) is 9.80 Å². The van der Waals surface area contributed by atoms with E-state index < -0.39 is 6.09 Å². The van der Waals surface area contributed by atoms with Gasteiger partial charge in [-0.15, -0.1) is 0 Å². The zero-order valence-electron chi connectivity index (χ0n) is 16.4. The average Bonchev–Trinajstić information content (AvgIpc) is 2.70. The number of piperazine rings is 1. The van der Waals surface area contributed by atoms with E-state index in [1.807, 2.05) is 49.3 Å². The SMILES string of the molecule is COc1ccc2cc(C(=O)C=CN(C)C)cc(N3CCN(C(=O)O)CC3)c2c1. The van der Waals surface area contributed by atoms with E-state index in [2.05, 4.69) is 4.90 Å². The van der Waals surface area contributed by atoms with Crippen molar-refractivity contribution in [3.63, 3.8) is 0 Å². The lowest BCUT2D eigenvalue weighted by Gasteiger charge is -2.35. The van der Waals surface area contributed by atoms with Crippen molar-refractivity contribution < 1.29 is 19.4 Å². The smallest absolute Gasteiger partial charge is 0.407 e. The third-order valence-corrected chi connectivity index (χ3v) is 4.84. The van der Waals surface area contributed by atoms with Crippen LogP contribution in [0.4, 0.5) is 10.5 Å². The molecule has 0 spiro atoms. The molecule has 1 fully saturated rings. The maximum absolute atomic E-state index is 12.6. The molecule has 2 aromatic carbocycles. The highest BCUT2D eigenvalue weighted by molar-refractivity contribution is 6.09. The third-order valence-electron chi connectivity index (χ3n) is 4.84. The molecule has 1 aliphatic rings. The average molecular weight is 383 g/mol. The Kier molecular flexibility index (Phi) is 5.73. The van der Waals surface area contributed by atoms with Gasteiger partial charge in [0, 0.05) is 69.2 Å². The van der Waals surface area contributed by atoms with Crippen LogP contribution in [0.5, 0.6) is 5.75 Å². The molecule has 0 unspecified atom stereocenters. The van der Waals surface area contributed by atoms with E-state index in [1.165, 1.54) is 4.90 Å². The Morgan fingerprint density at radius 1 is 1.11 bits per heavy atom. The number of hydrogen-bond acceptors (Lipinski definition) is 5. The second kappa shape index (κ2) is 8.21. The van der Waals surface area contributed by atoms with Crippen LogP contribution in [0.25, 0.3) is 10.8 Å². The van der Waals surface area contributed by atoms with Gasteiger partial charge in [-0.25, -0.2) is 4.79 Å². The Hall–Kier alpha value is -3.22. The van der Waals surface area contributed by atoms with Crippen LogP contribution >= 0.6 is 0 Å². The van der Waals surface area contributed by atoms with E-state index in [4.69, 9.17) is 4.74 Å². The summed E-state index contributed by atoms with van der Waals surface area (Å²) in [6.07, 6.45) is 2.38. The number of benzene rings is 2. The van der Waals surface area contributed by atoms with Crippen LogP contribution in [0.2, 0.25) is 0 Å². The number of allylic oxidation sites excluding steroid dienone is 1. The summed E-state index contributed by atoms with van der Waals surface area (Å²) in [7, 11) is 5.35. The highest BCUT2D eigenvalue weighted by Crippen LogP contribution is 2.32. The molecule has 3 rings (SSSR count). The van der Waals surface area contributed by atoms with E-state index in [1.54, 1.807) is 19.4 Å². The van der Waals surface area contributed by atoms with Crippen LogP contribution in [0.3, 0.4) is 0 Å². The fourth-order valence-corrected chi connectivity index (χ4v) is 3.30. The first-order valence-electron chi connectivity index (χ1n) is 9.12. The number of ketones is 1. The zero-order chi connectivity index (χ0) is 20.3. The molecule has 0 aliphatic carbocycles. The lowest BCUT2D eigenvalue weighted by molar-refractivity contribution is 0.104. The summed E-state index contributed by atoms with van der Waals surface area (Å²) >= 11 is 0. The van der Waals surface area contributed by atoms with Crippen molar-refractivity contribution in [2.75, 3.05) is 52.3 Å². The number of methoxy groups -OCH3 is 1. The van der Waals surface area contributed by atoms with E-state index in [9.17, 15) is 14.7 Å². The zero-order valence-corrected chi connectivity index (χ0v) is 16.4. The number of carbonyl (C=O) groups is 2. The van der Waals surface area contributed by atoms with Gasteiger partial charge < -0.3 is 24.5 Å². The minimum absolute atomic E-state index is 0.0724. The fraction of sp³-hybridized carbons (Fsp3) is 0.333. The lowest BCUT2D eigenvalue weighted by Crippen LogP contribution is -2.48. The van der Waals surface area contributed by atoms with Gasteiger partial charge in [0.1, 0.15) is 5.75 Å². The maximum atomic E-state index is 12.6. The molecule has 0 saturated carbocycles. The number of amides is 1. The van der Waals surface area contributed by atoms with Gasteiger partial charge in [0.15, 0.2) is 5.78 Å². The van der Waals surface area contributed by atoms with Crippen molar-refractivity contribution in [2.45, 2.75) is 0 Å². The Labute approximate surface area is 164 Å². The summed E-state index contributed by atoms with van der Waals surface area (Å²) in [5.74, 6) is 0.668. The number of carboxylic acid groups (broad SMARTS) is 1. The Morgan fingerprint density at radius 2 is 1.82 bits per heavy atom. The number of fused-ring (bicyclic) bond motifs is 1. The number of carbonyl (C=O) groups excluding carboxylic acids is 1. The van der Waals surface area contributed by atoms with Crippen LogP contribution in [0.15, 0.2) is 42.6 Å². The molecule has 0 atom stereocenters. The second-order valence-corrected chi connectivity index (χ2v) is 6.98. The van der Waals surface area contributed by atoms with Gasteiger partial charge in [0.25, 0.3) is 0 Å². The highest BCUT2D eigenvalue weighted by Gasteiger charge is 2.22. The van der Waals surface area contributed by atoms with Gasteiger partial charge in [-0.3, -0.25) is 4.79 Å². The monoisotopic (exact) mass is 383 g/mol. The summed E-state index contributed by atoms with van der Waals surface area (Å²) in [6, 6.07) is 9.54. The Balaban J connectivity index is 2.02. The Bertz CT molecular complexity index is 915. The first kappa shape index (κ1) is 19.5. The van der Waals surface area contributed by atoms with Crippen LogP contribution in [0, 0.1) is 0 Å². The van der Waals surface area contributed by atoms with Crippen LogP contribution < -0.4 is 9.64 Å². The highest BCUT2D eigenvalue weighted by atomic mass is 16.5. The van der Waals surface area contributed by atoms with Crippen molar-refractivity contribution in [3.8, 4) is 5.75 Å². The normalized spacial score (nSPS) is 14.5. The molecular weight excluding hydrogens is 358 g/mol. The molecule has 0 bridgehead atoms. The third kappa shape index (κ3) is 4.19. The number of anilines is 1.